The number of sulfonamides is 1. The van der Waals surface area contributed by atoms with Gasteiger partial charge in [0.15, 0.2) is 6.10 Å². The molecular formula is C19H21N3O6S. The molecule has 0 fully saturated rings. The predicted molar refractivity (Wildman–Crippen MR) is 104 cm³/mol. The van der Waals surface area contributed by atoms with E-state index >= 15 is 0 Å². The number of hydrogen-bond acceptors (Lipinski definition) is 6. The monoisotopic (exact) mass is 419 g/mol. The van der Waals surface area contributed by atoms with Crippen molar-refractivity contribution < 1.29 is 27.5 Å². The second-order valence-corrected chi connectivity index (χ2v) is 7.82. The number of rotatable bonds is 7. The molecule has 0 spiro atoms. The van der Waals surface area contributed by atoms with E-state index in [1.165, 1.54) is 38.2 Å². The number of hydrogen-bond donors (Lipinski definition) is 3. The average Bonchev–Trinajstić information content (AvgIpc) is 2.73. The Kier molecular flexibility index (Phi) is 7.46. The maximum absolute atomic E-state index is 12.1. The second kappa shape index (κ2) is 9.80. The van der Waals surface area contributed by atoms with Crippen LogP contribution in [0.4, 0.5) is 4.79 Å². The van der Waals surface area contributed by atoms with Crippen LogP contribution in [0.1, 0.15) is 22.8 Å². The molecule has 1 atom stereocenters. The van der Waals surface area contributed by atoms with E-state index in [1.807, 2.05) is 30.3 Å². The molecule has 10 heteroatoms. The van der Waals surface area contributed by atoms with E-state index in [-0.39, 0.29) is 17.0 Å². The average molecular weight is 419 g/mol. The number of amides is 3. The zero-order chi connectivity index (χ0) is 21.4. The largest absolute Gasteiger partial charge is 0.449 e. The molecule has 0 aromatic heterocycles. The first-order valence-electron chi connectivity index (χ1n) is 8.60. The molecule has 0 saturated carbocycles. The Labute approximate surface area is 168 Å². The molecule has 9 nitrogen and oxygen atoms in total. The number of carbonyl (C=O) groups excluding carboxylic acids is 3. The molecular weight excluding hydrogens is 398 g/mol. The number of urea groups is 1. The quantitative estimate of drug-likeness (QED) is 0.578. The Bertz CT molecular complexity index is 975. The summed E-state index contributed by atoms with van der Waals surface area (Å²) >= 11 is 0. The molecule has 0 aliphatic carbocycles. The molecule has 2 aromatic rings. The van der Waals surface area contributed by atoms with Gasteiger partial charge in [0, 0.05) is 6.54 Å². The topological polar surface area (TPSA) is 131 Å². The smallest absolute Gasteiger partial charge is 0.338 e. The normalized spacial score (nSPS) is 11.9. The number of benzene rings is 2. The minimum absolute atomic E-state index is 0.0163. The lowest BCUT2D eigenvalue weighted by atomic mass is 10.2. The first kappa shape index (κ1) is 22.1. The van der Waals surface area contributed by atoms with Gasteiger partial charge < -0.3 is 10.1 Å². The third kappa shape index (κ3) is 6.40. The van der Waals surface area contributed by atoms with Crippen LogP contribution in [0.3, 0.4) is 0 Å². The molecule has 154 valence electrons. The summed E-state index contributed by atoms with van der Waals surface area (Å²) in [5.41, 5.74) is 0.923. The summed E-state index contributed by atoms with van der Waals surface area (Å²) in [6.45, 7) is 1.55. The van der Waals surface area contributed by atoms with Crippen LogP contribution in [0.2, 0.25) is 0 Å². The van der Waals surface area contributed by atoms with Crippen molar-refractivity contribution in [2.24, 2.45) is 0 Å². The summed E-state index contributed by atoms with van der Waals surface area (Å²) < 4.78 is 30.5. The first-order valence-corrected chi connectivity index (χ1v) is 10.1. The van der Waals surface area contributed by atoms with Crippen LogP contribution in [-0.2, 0) is 26.1 Å². The second-order valence-electron chi connectivity index (χ2n) is 5.94. The highest BCUT2D eigenvalue weighted by Crippen LogP contribution is 2.11. The van der Waals surface area contributed by atoms with Crippen LogP contribution in [0.15, 0.2) is 59.5 Å². The fourth-order valence-corrected chi connectivity index (χ4v) is 2.94. The number of carbonyl (C=O) groups is 3. The molecule has 29 heavy (non-hydrogen) atoms. The van der Waals surface area contributed by atoms with Gasteiger partial charge in [-0.2, -0.15) is 0 Å². The summed E-state index contributed by atoms with van der Waals surface area (Å²) in [4.78, 5) is 35.9. The lowest BCUT2D eigenvalue weighted by Crippen LogP contribution is -2.44. The van der Waals surface area contributed by atoms with Crippen molar-refractivity contribution in [1.29, 1.82) is 0 Å². The lowest BCUT2D eigenvalue weighted by molar-refractivity contribution is -0.127. The molecule has 0 aliphatic rings. The predicted octanol–water partition coefficient (Wildman–Crippen LogP) is 1.17. The number of esters is 1. The van der Waals surface area contributed by atoms with Crippen molar-refractivity contribution >= 4 is 27.9 Å². The third-order valence-corrected chi connectivity index (χ3v) is 5.28. The van der Waals surface area contributed by atoms with Crippen LogP contribution in [-0.4, -0.2) is 39.5 Å². The molecule has 2 aromatic carbocycles. The highest BCUT2D eigenvalue weighted by molar-refractivity contribution is 7.89. The molecule has 3 amide bonds. The van der Waals surface area contributed by atoms with E-state index in [9.17, 15) is 22.8 Å². The molecule has 0 heterocycles. The number of nitrogens with one attached hydrogen (secondary N) is 3. The van der Waals surface area contributed by atoms with Gasteiger partial charge in [0.25, 0.3) is 5.91 Å². The zero-order valence-corrected chi connectivity index (χ0v) is 16.7. The van der Waals surface area contributed by atoms with Crippen LogP contribution >= 0.6 is 0 Å². The summed E-state index contributed by atoms with van der Waals surface area (Å²) in [5.74, 6) is -1.62. The Hall–Kier alpha value is -3.24. The van der Waals surface area contributed by atoms with Crippen LogP contribution in [0.5, 0.6) is 0 Å². The van der Waals surface area contributed by atoms with Gasteiger partial charge in [0.1, 0.15) is 0 Å². The summed E-state index contributed by atoms with van der Waals surface area (Å²) in [7, 11) is -2.36. The summed E-state index contributed by atoms with van der Waals surface area (Å²) in [6, 6.07) is 13.4. The Morgan fingerprint density at radius 2 is 1.62 bits per heavy atom. The van der Waals surface area contributed by atoms with Crippen molar-refractivity contribution in [3.63, 3.8) is 0 Å². The van der Waals surface area contributed by atoms with E-state index in [0.29, 0.717) is 0 Å². The molecule has 0 bridgehead atoms. The van der Waals surface area contributed by atoms with Crippen molar-refractivity contribution in [2.45, 2.75) is 24.5 Å². The maximum atomic E-state index is 12.1. The molecule has 0 saturated heterocycles. The lowest BCUT2D eigenvalue weighted by Gasteiger charge is -2.13. The first-order chi connectivity index (χ1) is 13.7. The number of ether oxygens (including phenoxy) is 1. The van der Waals surface area contributed by atoms with Gasteiger partial charge in [0.2, 0.25) is 10.0 Å². The van der Waals surface area contributed by atoms with Gasteiger partial charge in [0.05, 0.1) is 10.5 Å². The Morgan fingerprint density at radius 3 is 2.21 bits per heavy atom. The zero-order valence-electron chi connectivity index (χ0n) is 15.8. The van der Waals surface area contributed by atoms with Gasteiger partial charge in [-0.15, -0.1) is 0 Å². The van der Waals surface area contributed by atoms with Crippen LogP contribution < -0.4 is 15.4 Å². The van der Waals surface area contributed by atoms with E-state index in [1.54, 1.807) is 0 Å². The molecule has 3 N–H and O–H groups in total. The van der Waals surface area contributed by atoms with Gasteiger partial charge in [-0.1, -0.05) is 30.3 Å². The van der Waals surface area contributed by atoms with Crippen LogP contribution in [0, 0.1) is 0 Å². The van der Waals surface area contributed by atoms with Gasteiger partial charge in [-0.05, 0) is 43.8 Å². The van der Waals surface area contributed by atoms with Crippen molar-refractivity contribution in [2.75, 3.05) is 7.05 Å². The van der Waals surface area contributed by atoms with E-state index < -0.39 is 34.0 Å². The van der Waals surface area contributed by atoms with Crippen molar-refractivity contribution in [3.8, 4) is 0 Å². The third-order valence-electron chi connectivity index (χ3n) is 3.85. The molecule has 0 aliphatic heterocycles. The fraction of sp³-hybridized carbons (Fsp3) is 0.211. The molecule has 2 rings (SSSR count). The van der Waals surface area contributed by atoms with Gasteiger partial charge in [-0.3, -0.25) is 10.1 Å². The number of imide groups is 1. The van der Waals surface area contributed by atoms with E-state index in [2.05, 4.69) is 15.4 Å². The van der Waals surface area contributed by atoms with Gasteiger partial charge in [-0.25, -0.2) is 22.7 Å². The van der Waals surface area contributed by atoms with Gasteiger partial charge >= 0.3 is 12.0 Å². The van der Waals surface area contributed by atoms with E-state index in [4.69, 9.17) is 4.74 Å². The minimum atomic E-state index is -3.63. The Balaban J connectivity index is 1.86. The van der Waals surface area contributed by atoms with Crippen molar-refractivity contribution in [3.05, 3.63) is 65.7 Å². The summed E-state index contributed by atoms with van der Waals surface area (Å²) in [6.07, 6.45) is -1.23. The molecule has 1 unspecified atom stereocenters. The van der Waals surface area contributed by atoms with E-state index in [0.717, 1.165) is 5.56 Å². The van der Waals surface area contributed by atoms with Crippen molar-refractivity contribution in [1.82, 2.24) is 15.4 Å². The highest BCUT2D eigenvalue weighted by Gasteiger charge is 2.21. The minimum Gasteiger partial charge on any atom is -0.449 e. The highest BCUT2D eigenvalue weighted by atomic mass is 32.2. The SMILES string of the molecule is CNS(=O)(=O)c1ccc(C(=O)OC(C)C(=O)NC(=O)NCc2ccccc2)cc1. The Morgan fingerprint density at radius 1 is 1.00 bits per heavy atom. The van der Waals surface area contributed by atoms with Crippen LogP contribution in [0.25, 0.3) is 0 Å². The summed E-state index contributed by atoms with van der Waals surface area (Å²) in [5, 5.41) is 4.61. The fourth-order valence-electron chi connectivity index (χ4n) is 2.21. The maximum Gasteiger partial charge on any atom is 0.338 e. The molecule has 0 radical (unpaired) electrons. The standard InChI is InChI=1S/C19H21N3O6S/c1-13(17(23)22-19(25)21-12-14-6-4-3-5-7-14)28-18(24)15-8-10-16(11-9-15)29(26,27)20-2/h3-11,13,20H,12H2,1-2H3,(H2,21,22,23,25).